The van der Waals surface area contributed by atoms with Crippen molar-refractivity contribution in [2.75, 3.05) is 0 Å². The average Bonchev–Trinajstić information content (AvgIpc) is 2.71. The van der Waals surface area contributed by atoms with Gasteiger partial charge in [0.15, 0.2) is 5.03 Å². The quantitative estimate of drug-likeness (QED) is 0.878. The molecule has 0 aromatic carbocycles. The average molecular weight is 298 g/mol. The Morgan fingerprint density at radius 3 is 2.15 bits per heavy atom. The van der Waals surface area contributed by atoms with E-state index in [1.165, 1.54) is 12.1 Å². The van der Waals surface area contributed by atoms with Crippen LogP contribution in [0, 0.1) is 10.8 Å². The van der Waals surface area contributed by atoms with Crippen molar-refractivity contribution in [2.45, 2.75) is 38.8 Å². The van der Waals surface area contributed by atoms with Crippen LogP contribution in [0.3, 0.4) is 0 Å². The first-order valence-corrected chi connectivity index (χ1v) is 7.70. The molecule has 0 unspecified atom stereocenters. The molecular formula is C13H18N2O4S. The Morgan fingerprint density at radius 1 is 1.25 bits per heavy atom. The maximum atomic E-state index is 12.2. The van der Waals surface area contributed by atoms with Crippen molar-refractivity contribution < 1.29 is 18.3 Å². The molecule has 1 aromatic heterocycles. The Hall–Kier alpha value is -1.47. The van der Waals surface area contributed by atoms with Gasteiger partial charge in [0.05, 0.1) is 5.56 Å². The molecule has 0 radical (unpaired) electrons. The second-order valence-electron chi connectivity index (χ2n) is 6.19. The molecule has 0 bridgehead atoms. The van der Waals surface area contributed by atoms with Crippen molar-refractivity contribution in [2.24, 2.45) is 10.8 Å². The van der Waals surface area contributed by atoms with Gasteiger partial charge in [-0.2, -0.15) is 0 Å². The van der Waals surface area contributed by atoms with Gasteiger partial charge in [-0.05, 0) is 23.0 Å². The monoisotopic (exact) mass is 298 g/mol. The molecule has 0 spiro atoms. The molecule has 0 atom stereocenters. The topological polar surface area (TPSA) is 96.4 Å². The highest BCUT2D eigenvalue weighted by Crippen LogP contribution is 2.62. The van der Waals surface area contributed by atoms with E-state index in [0.29, 0.717) is 0 Å². The highest BCUT2D eigenvalue weighted by atomic mass is 32.2. The molecule has 6 nitrogen and oxygen atoms in total. The van der Waals surface area contributed by atoms with Crippen molar-refractivity contribution in [3.05, 3.63) is 23.9 Å². The Balaban J connectivity index is 2.22. The van der Waals surface area contributed by atoms with Crippen molar-refractivity contribution in [3.63, 3.8) is 0 Å². The number of nitrogens with zero attached hydrogens (tertiary/aromatic N) is 1. The molecule has 1 aliphatic rings. The molecule has 0 aliphatic heterocycles. The summed E-state index contributed by atoms with van der Waals surface area (Å²) in [6.45, 7) is 8.00. The fourth-order valence-electron chi connectivity index (χ4n) is 2.37. The van der Waals surface area contributed by atoms with Gasteiger partial charge in [0.1, 0.15) is 0 Å². The van der Waals surface area contributed by atoms with Crippen molar-refractivity contribution in [1.29, 1.82) is 0 Å². The smallest absolute Gasteiger partial charge is 0.337 e. The Morgan fingerprint density at radius 2 is 1.80 bits per heavy atom. The van der Waals surface area contributed by atoms with Crippen LogP contribution in [0.4, 0.5) is 0 Å². The lowest BCUT2D eigenvalue weighted by Gasteiger charge is -2.07. The van der Waals surface area contributed by atoms with E-state index in [0.717, 1.165) is 6.20 Å². The fraction of sp³-hybridized carbons (Fsp3) is 0.538. The lowest BCUT2D eigenvalue weighted by Crippen LogP contribution is -2.30. The summed E-state index contributed by atoms with van der Waals surface area (Å²) < 4.78 is 27.1. The molecule has 0 saturated heterocycles. The number of aromatic carboxylic acids is 1. The lowest BCUT2D eigenvalue weighted by atomic mass is 10.0. The molecular weight excluding hydrogens is 280 g/mol. The first kappa shape index (κ1) is 14.9. The van der Waals surface area contributed by atoms with Gasteiger partial charge in [-0.3, -0.25) is 0 Å². The summed E-state index contributed by atoms with van der Waals surface area (Å²) >= 11 is 0. The van der Waals surface area contributed by atoms with Crippen molar-refractivity contribution in [1.82, 2.24) is 9.71 Å². The first-order valence-electron chi connectivity index (χ1n) is 6.22. The van der Waals surface area contributed by atoms with Crippen LogP contribution in [-0.4, -0.2) is 30.5 Å². The molecule has 2 rings (SSSR count). The molecule has 20 heavy (non-hydrogen) atoms. The van der Waals surface area contributed by atoms with E-state index in [1.54, 1.807) is 0 Å². The SMILES string of the molecule is CC1(C)C(NS(=O)(=O)c2ccc(C(=O)O)cn2)C1(C)C. The van der Waals surface area contributed by atoms with Gasteiger partial charge >= 0.3 is 5.97 Å². The van der Waals surface area contributed by atoms with Crippen LogP contribution >= 0.6 is 0 Å². The summed E-state index contributed by atoms with van der Waals surface area (Å²) in [6, 6.07) is 2.27. The van der Waals surface area contributed by atoms with Crippen LogP contribution in [0.1, 0.15) is 38.1 Å². The van der Waals surface area contributed by atoms with Gasteiger partial charge in [-0.25, -0.2) is 22.9 Å². The summed E-state index contributed by atoms with van der Waals surface area (Å²) in [4.78, 5) is 14.4. The van der Waals surface area contributed by atoms with E-state index in [9.17, 15) is 13.2 Å². The predicted octanol–water partition coefficient (Wildman–Crippen LogP) is 1.49. The number of carboxylic acids is 1. The second-order valence-corrected chi connectivity index (χ2v) is 7.85. The second kappa shape index (κ2) is 4.26. The zero-order valence-corrected chi connectivity index (χ0v) is 12.7. The van der Waals surface area contributed by atoms with E-state index in [2.05, 4.69) is 9.71 Å². The van der Waals surface area contributed by atoms with Crippen molar-refractivity contribution in [3.8, 4) is 0 Å². The largest absolute Gasteiger partial charge is 0.478 e. The minimum Gasteiger partial charge on any atom is -0.478 e. The molecule has 1 aromatic rings. The number of carboxylic acid groups (broad SMARTS) is 1. The summed E-state index contributed by atoms with van der Waals surface area (Å²) in [5, 5.41) is 8.60. The number of nitrogens with one attached hydrogen (secondary N) is 1. The maximum Gasteiger partial charge on any atom is 0.337 e. The normalized spacial score (nSPS) is 20.6. The minimum atomic E-state index is -3.74. The third-order valence-corrected chi connectivity index (χ3v) is 5.89. The fourth-order valence-corrected chi connectivity index (χ4v) is 3.83. The van der Waals surface area contributed by atoms with Gasteiger partial charge in [-0.1, -0.05) is 27.7 Å². The molecule has 1 saturated carbocycles. The summed E-state index contributed by atoms with van der Waals surface area (Å²) in [6.07, 6.45) is 1.04. The van der Waals surface area contributed by atoms with Gasteiger partial charge in [-0.15, -0.1) is 0 Å². The third-order valence-electron chi connectivity index (χ3n) is 4.55. The number of rotatable bonds is 4. The molecule has 1 heterocycles. The number of hydrogen-bond acceptors (Lipinski definition) is 4. The standard InChI is InChI=1S/C13H18N2O4S/c1-12(2)11(13(12,3)4)15-20(18,19)9-6-5-8(7-14-9)10(16)17/h5-7,11,15H,1-4H3,(H,16,17). The lowest BCUT2D eigenvalue weighted by molar-refractivity contribution is 0.0696. The molecule has 1 aliphatic carbocycles. The van der Waals surface area contributed by atoms with Crippen LogP contribution in [0.2, 0.25) is 0 Å². The van der Waals surface area contributed by atoms with Crippen LogP contribution in [0.5, 0.6) is 0 Å². The Bertz CT molecular complexity index is 633. The number of carbonyl (C=O) groups is 1. The van der Waals surface area contributed by atoms with Gasteiger partial charge in [0, 0.05) is 12.2 Å². The van der Waals surface area contributed by atoms with Crippen LogP contribution in [0.15, 0.2) is 23.4 Å². The summed E-state index contributed by atoms with van der Waals surface area (Å²) in [5.41, 5.74) is -0.293. The van der Waals surface area contributed by atoms with Crippen LogP contribution < -0.4 is 4.72 Å². The number of aromatic nitrogens is 1. The summed E-state index contributed by atoms with van der Waals surface area (Å²) in [5.74, 6) is -1.14. The van der Waals surface area contributed by atoms with E-state index in [4.69, 9.17) is 5.11 Å². The Labute approximate surface area is 118 Å². The molecule has 7 heteroatoms. The third kappa shape index (κ3) is 2.20. The Kier molecular flexibility index (Phi) is 3.18. The zero-order chi connectivity index (χ0) is 15.3. The maximum absolute atomic E-state index is 12.2. The predicted molar refractivity (Wildman–Crippen MR) is 72.9 cm³/mol. The molecule has 110 valence electrons. The number of pyridine rings is 1. The van der Waals surface area contributed by atoms with Gasteiger partial charge in [0.2, 0.25) is 0 Å². The highest BCUT2D eigenvalue weighted by Gasteiger charge is 2.66. The van der Waals surface area contributed by atoms with Crippen molar-refractivity contribution >= 4 is 16.0 Å². The number of sulfonamides is 1. The van der Waals surface area contributed by atoms with Gasteiger partial charge in [0.25, 0.3) is 10.0 Å². The molecule has 1 fully saturated rings. The van der Waals surface area contributed by atoms with Crippen LogP contribution in [0.25, 0.3) is 0 Å². The molecule has 2 N–H and O–H groups in total. The highest BCUT2D eigenvalue weighted by molar-refractivity contribution is 7.89. The zero-order valence-electron chi connectivity index (χ0n) is 11.8. The van der Waals surface area contributed by atoms with E-state index in [-0.39, 0.29) is 27.5 Å². The first-order chi connectivity index (χ1) is 9.00. The minimum absolute atomic E-state index is 0.0453. The molecule has 0 amide bonds. The van der Waals surface area contributed by atoms with Gasteiger partial charge < -0.3 is 5.11 Å². The van der Waals surface area contributed by atoms with E-state index in [1.807, 2.05) is 27.7 Å². The summed E-state index contributed by atoms with van der Waals surface area (Å²) in [7, 11) is -3.74. The van der Waals surface area contributed by atoms with E-state index >= 15 is 0 Å². The van der Waals surface area contributed by atoms with E-state index < -0.39 is 16.0 Å². The van der Waals surface area contributed by atoms with Crippen LogP contribution in [-0.2, 0) is 10.0 Å². The number of hydrogen-bond donors (Lipinski definition) is 2.